The predicted molar refractivity (Wildman–Crippen MR) is 81.8 cm³/mol. The molecule has 0 fully saturated rings. The third-order valence-corrected chi connectivity index (χ3v) is 4.31. The van der Waals surface area contributed by atoms with Gasteiger partial charge in [0.1, 0.15) is 5.82 Å². The summed E-state index contributed by atoms with van der Waals surface area (Å²) in [5.74, 6) is -0.726. The molecule has 4 nitrogen and oxygen atoms in total. The summed E-state index contributed by atoms with van der Waals surface area (Å²) in [4.78, 5) is 0. The van der Waals surface area contributed by atoms with Crippen LogP contribution in [-0.4, -0.2) is 14.2 Å². The van der Waals surface area contributed by atoms with Gasteiger partial charge in [-0.1, -0.05) is 36.4 Å². The summed E-state index contributed by atoms with van der Waals surface area (Å²) >= 11 is 0. The minimum atomic E-state index is -3.60. The van der Waals surface area contributed by atoms with Crippen LogP contribution in [0.5, 0.6) is 0 Å². The number of rotatable bonds is 6. The summed E-state index contributed by atoms with van der Waals surface area (Å²) in [7, 11) is -3.60. The van der Waals surface area contributed by atoms with Gasteiger partial charge < -0.3 is 5.73 Å². The van der Waals surface area contributed by atoms with E-state index in [0.29, 0.717) is 12.0 Å². The molecule has 0 atom stereocenters. The molecule has 112 valence electrons. The maximum absolute atomic E-state index is 13.7. The SMILES string of the molecule is NCc1ccc(NS(=O)(=O)CCc2ccccc2)c(F)c1. The molecular weight excluding hydrogens is 291 g/mol. The number of nitrogens with one attached hydrogen (secondary N) is 1. The fraction of sp³-hybridized carbons (Fsp3) is 0.200. The van der Waals surface area contributed by atoms with Crippen LogP contribution < -0.4 is 10.5 Å². The smallest absolute Gasteiger partial charge is 0.233 e. The van der Waals surface area contributed by atoms with Crippen LogP contribution in [0.4, 0.5) is 10.1 Å². The van der Waals surface area contributed by atoms with Crippen LogP contribution in [-0.2, 0) is 23.0 Å². The lowest BCUT2D eigenvalue weighted by molar-refractivity contribution is 0.597. The van der Waals surface area contributed by atoms with E-state index in [0.717, 1.165) is 5.56 Å². The highest BCUT2D eigenvalue weighted by Gasteiger charge is 2.13. The molecule has 0 aliphatic carbocycles. The molecule has 3 N–H and O–H groups in total. The Hall–Kier alpha value is -1.92. The van der Waals surface area contributed by atoms with Crippen LogP contribution in [0.1, 0.15) is 11.1 Å². The van der Waals surface area contributed by atoms with Gasteiger partial charge in [-0.2, -0.15) is 0 Å². The predicted octanol–water partition coefficient (Wildman–Crippen LogP) is 2.27. The molecule has 6 heteroatoms. The number of hydrogen-bond acceptors (Lipinski definition) is 3. The van der Waals surface area contributed by atoms with Gasteiger partial charge >= 0.3 is 0 Å². The Morgan fingerprint density at radius 3 is 2.38 bits per heavy atom. The van der Waals surface area contributed by atoms with Crippen molar-refractivity contribution in [3.8, 4) is 0 Å². The van der Waals surface area contributed by atoms with Crippen molar-refractivity contribution in [2.75, 3.05) is 10.5 Å². The van der Waals surface area contributed by atoms with E-state index in [1.165, 1.54) is 12.1 Å². The third kappa shape index (κ3) is 4.54. The summed E-state index contributed by atoms with van der Waals surface area (Å²) in [6.07, 6.45) is 0.374. The third-order valence-electron chi connectivity index (χ3n) is 3.04. The zero-order chi connectivity index (χ0) is 15.3. The van der Waals surface area contributed by atoms with Crippen molar-refractivity contribution in [1.82, 2.24) is 0 Å². The number of nitrogens with two attached hydrogens (primary N) is 1. The largest absolute Gasteiger partial charge is 0.326 e. The quantitative estimate of drug-likeness (QED) is 0.860. The lowest BCUT2D eigenvalue weighted by Crippen LogP contribution is -2.19. The number of halogens is 1. The van der Waals surface area contributed by atoms with E-state index in [2.05, 4.69) is 4.72 Å². The van der Waals surface area contributed by atoms with Crippen LogP contribution in [0.25, 0.3) is 0 Å². The van der Waals surface area contributed by atoms with Crippen molar-refractivity contribution in [3.63, 3.8) is 0 Å². The summed E-state index contributed by atoms with van der Waals surface area (Å²) in [5, 5.41) is 0. The molecule has 0 unspecified atom stereocenters. The Bertz CT molecular complexity index is 703. The van der Waals surface area contributed by atoms with Crippen LogP contribution >= 0.6 is 0 Å². The average Bonchev–Trinajstić information content (AvgIpc) is 2.48. The van der Waals surface area contributed by atoms with Gasteiger partial charge in [-0.3, -0.25) is 4.72 Å². The van der Waals surface area contributed by atoms with Crippen LogP contribution in [0.15, 0.2) is 48.5 Å². The van der Waals surface area contributed by atoms with Gasteiger partial charge in [0.25, 0.3) is 0 Å². The van der Waals surface area contributed by atoms with Gasteiger partial charge in [-0.05, 0) is 29.7 Å². The molecule has 0 saturated carbocycles. The first-order valence-corrected chi connectivity index (χ1v) is 8.18. The van der Waals surface area contributed by atoms with Gasteiger partial charge in [0.05, 0.1) is 11.4 Å². The Morgan fingerprint density at radius 2 is 1.76 bits per heavy atom. The molecule has 0 amide bonds. The summed E-state index contributed by atoms with van der Waals surface area (Å²) in [6.45, 7) is 0.206. The first-order valence-electron chi connectivity index (χ1n) is 6.53. The number of sulfonamides is 1. The van der Waals surface area contributed by atoms with Crippen molar-refractivity contribution < 1.29 is 12.8 Å². The van der Waals surface area contributed by atoms with Crippen LogP contribution in [0.2, 0.25) is 0 Å². The topological polar surface area (TPSA) is 72.2 Å². The standard InChI is InChI=1S/C15H17FN2O2S/c16-14-10-13(11-17)6-7-15(14)18-21(19,20)9-8-12-4-2-1-3-5-12/h1-7,10,18H,8-9,11,17H2. The van der Waals surface area contributed by atoms with Gasteiger partial charge in [0.2, 0.25) is 10.0 Å². The molecule has 0 radical (unpaired) electrons. The zero-order valence-electron chi connectivity index (χ0n) is 11.4. The molecule has 0 aromatic heterocycles. The van der Waals surface area contributed by atoms with Gasteiger partial charge in [0, 0.05) is 6.54 Å². The van der Waals surface area contributed by atoms with E-state index in [4.69, 9.17) is 5.73 Å². The summed E-state index contributed by atoms with van der Waals surface area (Å²) in [6, 6.07) is 13.5. The van der Waals surface area contributed by atoms with E-state index in [1.54, 1.807) is 6.07 Å². The Balaban J connectivity index is 2.04. The average molecular weight is 308 g/mol. The molecule has 2 aromatic rings. The molecule has 0 aliphatic heterocycles. The van der Waals surface area contributed by atoms with E-state index in [9.17, 15) is 12.8 Å². The highest BCUT2D eigenvalue weighted by atomic mass is 32.2. The maximum atomic E-state index is 13.7. The number of aryl methyl sites for hydroxylation is 1. The second-order valence-electron chi connectivity index (χ2n) is 4.67. The zero-order valence-corrected chi connectivity index (χ0v) is 12.2. The van der Waals surface area contributed by atoms with E-state index in [-0.39, 0.29) is 18.0 Å². The lowest BCUT2D eigenvalue weighted by Gasteiger charge is -2.10. The monoisotopic (exact) mass is 308 g/mol. The Morgan fingerprint density at radius 1 is 1.05 bits per heavy atom. The summed E-state index contributed by atoms with van der Waals surface area (Å²) in [5.41, 5.74) is 6.88. The van der Waals surface area contributed by atoms with E-state index >= 15 is 0 Å². The summed E-state index contributed by atoms with van der Waals surface area (Å²) < 4.78 is 40.0. The molecule has 2 rings (SSSR count). The first kappa shape index (κ1) is 15.5. The van der Waals surface area contributed by atoms with E-state index in [1.807, 2.05) is 30.3 Å². The second kappa shape index (κ2) is 6.69. The number of hydrogen-bond donors (Lipinski definition) is 2. The van der Waals surface area contributed by atoms with Crippen LogP contribution in [0, 0.1) is 5.82 Å². The second-order valence-corrected chi connectivity index (χ2v) is 6.52. The molecular formula is C15H17FN2O2S. The maximum Gasteiger partial charge on any atom is 0.233 e. The molecule has 0 bridgehead atoms. The van der Waals surface area contributed by atoms with Gasteiger partial charge in [-0.15, -0.1) is 0 Å². The molecule has 0 spiro atoms. The molecule has 2 aromatic carbocycles. The van der Waals surface area contributed by atoms with Gasteiger partial charge in [0.15, 0.2) is 0 Å². The normalized spacial score (nSPS) is 11.3. The highest BCUT2D eigenvalue weighted by molar-refractivity contribution is 7.92. The number of anilines is 1. The Kier molecular flexibility index (Phi) is 4.93. The fourth-order valence-corrected chi connectivity index (χ4v) is 2.99. The van der Waals surface area contributed by atoms with E-state index < -0.39 is 15.8 Å². The Labute approximate surface area is 123 Å². The van der Waals surface area contributed by atoms with Crippen molar-refractivity contribution >= 4 is 15.7 Å². The van der Waals surface area contributed by atoms with Crippen molar-refractivity contribution in [1.29, 1.82) is 0 Å². The fourth-order valence-electron chi connectivity index (χ4n) is 1.88. The molecule has 0 saturated heterocycles. The lowest BCUT2D eigenvalue weighted by atomic mass is 10.2. The molecule has 21 heavy (non-hydrogen) atoms. The first-order chi connectivity index (χ1) is 10.00. The minimum absolute atomic E-state index is 0.0553. The van der Waals surface area contributed by atoms with Gasteiger partial charge in [-0.25, -0.2) is 12.8 Å². The van der Waals surface area contributed by atoms with Crippen LogP contribution in [0.3, 0.4) is 0 Å². The van der Waals surface area contributed by atoms with Crippen molar-refractivity contribution in [2.45, 2.75) is 13.0 Å². The van der Waals surface area contributed by atoms with Crippen molar-refractivity contribution in [3.05, 3.63) is 65.5 Å². The molecule has 0 heterocycles. The molecule has 0 aliphatic rings. The highest BCUT2D eigenvalue weighted by Crippen LogP contribution is 2.17. The van der Waals surface area contributed by atoms with Crippen molar-refractivity contribution in [2.24, 2.45) is 5.73 Å². The number of benzene rings is 2. The minimum Gasteiger partial charge on any atom is -0.326 e.